The predicted molar refractivity (Wildman–Crippen MR) is 60.3 cm³/mol. The van der Waals surface area contributed by atoms with E-state index >= 15 is 0 Å². The first-order valence-corrected chi connectivity index (χ1v) is 5.36. The standard InChI is InChI=1S/C12H15FN2O/c1-12(11(14)16,8-2-3-8)15-10-6-4-9(13)5-7-10/h4-8,15H,2-3H2,1H3,(H2,14,16). The van der Waals surface area contributed by atoms with Crippen LogP contribution in [0.5, 0.6) is 0 Å². The normalized spacial score (nSPS) is 18.9. The van der Waals surface area contributed by atoms with E-state index in [-0.39, 0.29) is 17.6 Å². The summed E-state index contributed by atoms with van der Waals surface area (Å²) in [5.74, 6) is -0.368. The zero-order valence-corrected chi connectivity index (χ0v) is 9.16. The molecule has 1 aliphatic carbocycles. The Morgan fingerprint density at radius 2 is 2.00 bits per heavy atom. The van der Waals surface area contributed by atoms with E-state index in [4.69, 9.17) is 5.73 Å². The molecule has 1 fully saturated rings. The summed E-state index contributed by atoms with van der Waals surface area (Å²) in [6.07, 6.45) is 2.02. The average Bonchev–Trinajstić information content (AvgIpc) is 3.04. The highest BCUT2D eigenvalue weighted by Gasteiger charge is 2.46. The van der Waals surface area contributed by atoms with Gasteiger partial charge in [0.1, 0.15) is 11.4 Å². The van der Waals surface area contributed by atoms with Crippen LogP contribution >= 0.6 is 0 Å². The molecule has 1 saturated carbocycles. The lowest BCUT2D eigenvalue weighted by molar-refractivity contribution is -0.122. The number of carbonyl (C=O) groups excluding carboxylic acids is 1. The summed E-state index contributed by atoms with van der Waals surface area (Å²) in [5, 5.41) is 3.10. The van der Waals surface area contributed by atoms with Crippen LogP contribution in [-0.2, 0) is 4.79 Å². The maximum atomic E-state index is 12.7. The maximum absolute atomic E-state index is 12.7. The van der Waals surface area contributed by atoms with Crippen LogP contribution in [0, 0.1) is 11.7 Å². The van der Waals surface area contributed by atoms with Crippen molar-refractivity contribution < 1.29 is 9.18 Å². The van der Waals surface area contributed by atoms with Gasteiger partial charge in [-0.05, 0) is 49.9 Å². The molecule has 0 radical (unpaired) electrons. The Bertz CT molecular complexity index is 400. The summed E-state index contributed by atoms with van der Waals surface area (Å²) < 4.78 is 12.7. The van der Waals surface area contributed by atoms with Crippen molar-refractivity contribution in [3.05, 3.63) is 30.1 Å². The van der Waals surface area contributed by atoms with Crippen molar-refractivity contribution in [3.8, 4) is 0 Å². The van der Waals surface area contributed by atoms with Gasteiger partial charge < -0.3 is 11.1 Å². The largest absolute Gasteiger partial charge is 0.371 e. The van der Waals surface area contributed by atoms with Crippen LogP contribution in [0.3, 0.4) is 0 Å². The molecule has 0 heterocycles. The van der Waals surface area contributed by atoms with Crippen LogP contribution in [0.2, 0.25) is 0 Å². The fourth-order valence-corrected chi connectivity index (χ4v) is 1.86. The molecule has 1 atom stereocenters. The molecule has 1 aromatic carbocycles. The van der Waals surface area contributed by atoms with Crippen LogP contribution in [0.15, 0.2) is 24.3 Å². The molecule has 1 unspecified atom stereocenters. The van der Waals surface area contributed by atoms with Crippen molar-refractivity contribution in [1.82, 2.24) is 0 Å². The number of halogens is 1. The van der Waals surface area contributed by atoms with Gasteiger partial charge in [0.05, 0.1) is 0 Å². The second-order valence-electron chi connectivity index (χ2n) is 4.47. The van der Waals surface area contributed by atoms with Crippen molar-refractivity contribution in [2.75, 3.05) is 5.32 Å². The summed E-state index contributed by atoms with van der Waals surface area (Å²) in [6.45, 7) is 1.80. The molecule has 0 aliphatic heterocycles. The maximum Gasteiger partial charge on any atom is 0.243 e. The summed E-state index contributed by atoms with van der Waals surface area (Å²) in [6, 6.07) is 5.94. The predicted octanol–water partition coefficient (Wildman–Crippen LogP) is 1.89. The lowest BCUT2D eigenvalue weighted by Crippen LogP contribution is -2.49. The summed E-state index contributed by atoms with van der Waals surface area (Å²) in [5.41, 5.74) is 5.41. The Balaban J connectivity index is 2.17. The summed E-state index contributed by atoms with van der Waals surface area (Å²) >= 11 is 0. The molecule has 16 heavy (non-hydrogen) atoms. The fourth-order valence-electron chi connectivity index (χ4n) is 1.86. The van der Waals surface area contributed by atoms with Gasteiger partial charge in [-0.2, -0.15) is 0 Å². The SMILES string of the molecule is CC(Nc1ccc(F)cc1)(C(N)=O)C1CC1. The number of rotatable bonds is 4. The van der Waals surface area contributed by atoms with Crippen molar-refractivity contribution in [3.63, 3.8) is 0 Å². The minimum absolute atomic E-state index is 0.287. The Labute approximate surface area is 93.8 Å². The van der Waals surface area contributed by atoms with E-state index < -0.39 is 5.54 Å². The highest BCUT2D eigenvalue weighted by atomic mass is 19.1. The van der Waals surface area contributed by atoms with Crippen molar-refractivity contribution in [2.45, 2.75) is 25.3 Å². The van der Waals surface area contributed by atoms with Crippen LogP contribution < -0.4 is 11.1 Å². The van der Waals surface area contributed by atoms with E-state index in [2.05, 4.69) is 5.32 Å². The van der Waals surface area contributed by atoms with Crippen LogP contribution in [-0.4, -0.2) is 11.4 Å². The second kappa shape index (κ2) is 3.77. The minimum atomic E-state index is -0.724. The molecule has 2 rings (SSSR count). The quantitative estimate of drug-likeness (QED) is 0.817. The summed E-state index contributed by atoms with van der Waals surface area (Å²) in [4.78, 5) is 11.5. The lowest BCUT2D eigenvalue weighted by Gasteiger charge is -2.28. The third-order valence-electron chi connectivity index (χ3n) is 3.15. The van der Waals surface area contributed by atoms with Gasteiger partial charge in [-0.15, -0.1) is 0 Å². The molecule has 1 aliphatic rings. The van der Waals surface area contributed by atoms with E-state index in [0.29, 0.717) is 0 Å². The number of primary amides is 1. The first kappa shape index (κ1) is 10.9. The highest BCUT2D eigenvalue weighted by molar-refractivity contribution is 5.88. The number of anilines is 1. The van der Waals surface area contributed by atoms with Crippen molar-refractivity contribution in [1.29, 1.82) is 0 Å². The molecule has 0 bridgehead atoms. The number of nitrogens with one attached hydrogen (secondary N) is 1. The van der Waals surface area contributed by atoms with Crippen LogP contribution in [0.25, 0.3) is 0 Å². The number of hydrogen-bond acceptors (Lipinski definition) is 2. The zero-order valence-electron chi connectivity index (χ0n) is 9.16. The molecule has 3 N–H and O–H groups in total. The topological polar surface area (TPSA) is 55.1 Å². The summed E-state index contributed by atoms with van der Waals surface area (Å²) in [7, 11) is 0. The molecule has 1 aromatic rings. The molecular formula is C12H15FN2O. The number of carbonyl (C=O) groups is 1. The van der Waals surface area contributed by atoms with Gasteiger partial charge in [-0.25, -0.2) is 4.39 Å². The number of nitrogens with two attached hydrogens (primary N) is 1. The number of hydrogen-bond donors (Lipinski definition) is 2. The van der Waals surface area contributed by atoms with Gasteiger partial charge in [0, 0.05) is 5.69 Å². The highest BCUT2D eigenvalue weighted by Crippen LogP contribution is 2.41. The molecular weight excluding hydrogens is 207 g/mol. The number of amides is 1. The van der Waals surface area contributed by atoms with Crippen molar-refractivity contribution >= 4 is 11.6 Å². The molecule has 1 amide bonds. The van der Waals surface area contributed by atoms with E-state index in [1.807, 2.05) is 0 Å². The van der Waals surface area contributed by atoms with Gasteiger partial charge >= 0.3 is 0 Å². The lowest BCUT2D eigenvalue weighted by atomic mass is 9.94. The minimum Gasteiger partial charge on any atom is -0.371 e. The smallest absolute Gasteiger partial charge is 0.243 e. The third-order valence-corrected chi connectivity index (χ3v) is 3.15. The van der Waals surface area contributed by atoms with Gasteiger partial charge in [-0.1, -0.05) is 0 Å². The van der Waals surface area contributed by atoms with E-state index in [1.54, 1.807) is 19.1 Å². The van der Waals surface area contributed by atoms with Gasteiger partial charge in [0.2, 0.25) is 5.91 Å². The molecule has 0 saturated heterocycles. The van der Waals surface area contributed by atoms with Gasteiger partial charge in [0.25, 0.3) is 0 Å². The number of benzene rings is 1. The monoisotopic (exact) mass is 222 g/mol. The Kier molecular flexibility index (Phi) is 2.58. The Morgan fingerprint density at radius 1 is 1.44 bits per heavy atom. The van der Waals surface area contributed by atoms with Crippen LogP contribution in [0.4, 0.5) is 10.1 Å². The molecule has 4 heteroatoms. The molecule has 86 valence electrons. The third kappa shape index (κ3) is 2.01. The molecule has 0 aromatic heterocycles. The van der Waals surface area contributed by atoms with E-state index in [9.17, 15) is 9.18 Å². The van der Waals surface area contributed by atoms with Crippen LogP contribution in [0.1, 0.15) is 19.8 Å². The van der Waals surface area contributed by atoms with Gasteiger partial charge in [0.15, 0.2) is 0 Å². The molecule has 0 spiro atoms. The first-order valence-electron chi connectivity index (χ1n) is 5.36. The second-order valence-corrected chi connectivity index (χ2v) is 4.47. The van der Waals surface area contributed by atoms with Gasteiger partial charge in [-0.3, -0.25) is 4.79 Å². The zero-order chi connectivity index (χ0) is 11.8. The Morgan fingerprint density at radius 3 is 2.44 bits per heavy atom. The van der Waals surface area contributed by atoms with E-state index in [0.717, 1.165) is 18.5 Å². The molecule has 3 nitrogen and oxygen atoms in total. The fraction of sp³-hybridized carbons (Fsp3) is 0.417. The first-order chi connectivity index (χ1) is 7.52. The van der Waals surface area contributed by atoms with Crippen molar-refractivity contribution in [2.24, 2.45) is 11.7 Å². The Hall–Kier alpha value is -1.58. The van der Waals surface area contributed by atoms with E-state index in [1.165, 1.54) is 12.1 Å². The average molecular weight is 222 g/mol.